The van der Waals surface area contributed by atoms with E-state index in [-0.39, 0.29) is 17.4 Å². The maximum absolute atomic E-state index is 13.4. The number of ether oxygens (including phenoxy) is 1. The quantitative estimate of drug-likeness (QED) is 0.886. The highest BCUT2D eigenvalue weighted by Gasteiger charge is 2.36. The first-order valence-electron chi connectivity index (χ1n) is 8.28. The maximum atomic E-state index is 13.4. The van der Waals surface area contributed by atoms with Gasteiger partial charge in [-0.15, -0.1) is 0 Å². The van der Waals surface area contributed by atoms with Crippen LogP contribution >= 0.6 is 0 Å². The van der Waals surface area contributed by atoms with E-state index in [0.29, 0.717) is 19.6 Å². The Hall–Kier alpha value is -2.54. The summed E-state index contributed by atoms with van der Waals surface area (Å²) in [5.74, 6) is -1.57. The van der Waals surface area contributed by atoms with Crippen LogP contribution in [0.2, 0.25) is 0 Å². The molecule has 0 saturated carbocycles. The van der Waals surface area contributed by atoms with Gasteiger partial charge in [0.1, 0.15) is 11.6 Å². The van der Waals surface area contributed by atoms with Crippen molar-refractivity contribution in [3.05, 3.63) is 65.5 Å². The van der Waals surface area contributed by atoms with Gasteiger partial charge in [-0.1, -0.05) is 30.3 Å². The summed E-state index contributed by atoms with van der Waals surface area (Å²) >= 11 is 0. The lowest BCUT2D eigenvalue weighted by Gasteiger charge is -2.19. The third-order valence-electron chi connectivity index (χ3n) is 4.65. The summed E-state index contributed by atoms with van der Waals surface area (Å²) in [5, 5.41) is 0. The molecule has 2 aromatic carbocycles. The number of hydrogen-bond acceptors (Lipinski definition) is 3. The van der Waals surface area contributed by atoms with Gasteiger partial charge in [0, 0.05) is 25.1 Å². The number of nitrogens with zero attached hydrogens (tertiary/aromatic N) is 1. The molecule has 2 atom stereocenters. The van der Waals surface area contributed by atoms with Gasteiger partial charge in [0.2, 0.25) is 0 Å². The van der Waals surface area contributed by atoms with Crippen molar-refractivity contribution < 1.29 is 22.7 Å². The molecule has 7 heteroatoms. The second-order valence-electron chi connectivity index (χ2n) is 6.24. The number of nitrogens with two attached hydrogens (primary N) is 1. The van der Waals surface area contributed by atoms with Crippen LogP contribution in [0, 0.1) is 11.7 Å². The Morgan fingerprint density at radius 1 is 1.19 bits per heavy atom. The Balaban J connectivity index is 1.85. The van der Waals surface area contributed by atoms with Crippen molar-refractivity contribution in [1.82, 2.24) is 4.90 Å². The predicted molar refractivity (Wildman–Crippen MR) is 90.7 cm³/mol. The SMILES string of the molecule is NC[C@@H]1CN(C(=O)c2ccc(F)cc2OC(F)F)C[C@H]1c1ccccc1. The van der Waals surface area contributed by atoms with Crippen LogP contribution in [0.1, 0.15) is 21.8 Å². The fourth-order valence-electron chi connectivity index (χ4n) is 3.39. The Morgan fingerprint density at radius 3 is 2.58 bits per heavy atom. The summed E-state index contributed by atoms with van der Waals surface area (Å²) in [6.07, 6.45) is 0. The summed E-state index contributed by atoms with van der Waals surface area (Å²) in [6.45, 7) is -1.93. The minimum atomic E-state index is -3.14. The van der Waals surface area contributed by atoms with Gasteiger partial charge in [0.05, 0.1) is 5.56 Å². The highest BCUT2D eigenvalue weighted by atomic mass is 19.3. The van der Waals surface area contributed by atoms with Crippen LogP contribution in [0.25, 0.3) is 0 Å². The smallest absolute Gasteiger partial charge is 0.387 e. The molecule has 2 aromatic rings. The minimum Gasteiger partial charge on any atom is -0.434 e. The number of alkyl halides is 2. The molecule has 1 fully saturated rings. The van der Waals surface area contributed by atoms with Gasteiger partial charge in [-0.25, -0.2) is 4.39 Å². The summed E-state index contributed by atoms with van der Waals surface area (Å²) in [7, 11) is 0. The number of halogens is 3. The number of carbonyl (C=O) groups is 1. The van der Waals surface area contributed by atoms with Crippen molar-refractivity contribution >= 4 is 5.91 Å². The Kier molecular flexibility index (Phi) is 5.46. The van der Waals surface area contributed by atoms with E-state index in [9.17, 15) is 18.0 Å². The van der Waals surface area contributed by atoms with E-state index in [1.165, 1.54) is 6.07 Å². The molecular weight excluding hydrogens is 345 g/mol. The van der Waals surface area contributed by atoms with Crippen molar-refractivity contribution in [3.63, 3.8) is 0 Å². The third-order valence-corrected chi connectivity index (χ3v) is 4.65. The molecule has 0 spiro atoms. The molecule has 0 bridgehead atoms. The van der Waals surface area contributed by atoms with Crippen LogP contribution in [0.3, 0.4) is 0 Å². The summed E-state index contributed by atoms with van der Waals surface area (Å²) in [5.41, 5.74) is 6.85. The monoisotopic (exact) mass is 364 g/mol. The average Bonchev–Trinajstić information content (AvgIpc) is 3.06. The summed E-state index contributed by atoms with van der Waals surface area (Å²) < 4.78 is 42.9. The fraction of sp³-hybridized carbons (Fsp3) is 0.316. The van der Waals surface area contributed by atoms with Crippen LogP contribution in [0.5, 0.6) is 5.75 Å². The van der Waals surface area contributed by atoms with Crippen molar-refractivity contribution in [1.29, 1.82) is 0 Å². The second kappa shape index (κ2) is 7.78. The number of likely N-dealkylation sites (tertiary alicyclic amines) is 1. The van der Waals surface area contributed by atoms with Gasteiger partial charge < -0.3 is 15.4 Å². The standard InChI is InChI=1S/C19H19F3N2O2/c20-14-6-7-15(17(8-14)26-19(21)22)18(25)24-10-13(9-23)16(11-24)12-4-2-1-3-5-12/h1-8,13,16,19H,9-11,23H2/t13-,16+/m1/s1. The summed E-state index contributed by atoms with van der Waals surface area (Å²) in [6, 6.07) is 12.7. The number of benzene rings is 2. The molecule has 1 saturated heterocycles. The molecule has 0 aromatic heterocycles. The van der Waals surface area contributed by atoms with Crippen molar-refractivity contribution in [2.45, 2.75) is 12.5 Å². The minimum absolute atomic E-state index is 0.0567. The normalized spacial score (nSPS) is 19.8. The van der Waals surface area contributed by atoms with Gasteiger partial charge in [-0.3, -0.25) is 4.79 Å². The van der Waals surface area contributed by atoms with Crippen molar-refractivity contribution in [3.8, 4) is 5.75 Å². The molecule has 26 heavy (non-hydrogen) atoms. The molecule has 3 rings (SSSR count). The van der Waals surface area contributed by atoms with E-state index in [4.69, 9.17) is 5.73 Å². The van der Waals surface area contributed by atoms with E-state index in [2.05, 4.69) is 4.74 Å². The average molecular weight is 364 g/mol. The number of hydrogen-bond donors (Lipinski definition) is 1. The molecule has 1 heterocycles. The second-order valence-corrected chi connectivity index (χ2v) is 6.24. The van der Waals surface area contributed by atoms with E-state index in [1.54, 1.807) is 4.90 Å². The Bertz CT molecular complexity index is 771. The topological polar surface area (TPSA) is 55.6 Å². The van der Waals surface area contributed by atoms with E-state index < -0.39 is 24.1 Å². The van der Waals surface area contributed by atoms with Gasteiger partial charge in [0.15, 0.2) is 0 Å². The zero-order valence-corrected chi connectivity index (χ0v) is 13.9. The highest BCUT2D eigenvalue weighted by molar-refractivity contribution is 5.97. The van der Waals surface area contributed by atoms with Gasteiger partial charge in [0.25, 0.3) is 5.91 Å². The molecular formula is C19H19F3N2O2. The molecule has 1 aliphatic heterocycles. The lowest BCUT2D eigenvalue weighted by Crippen LogP contribution is -2.30. The van der Waals surface area contributed by atoms with E-state index >= 15 is 0 Å². The molecule has 0 aliphatic carbocycles. The number of amides is 1. The van der Waals surface area contributed by atoms with Crippen LogP contribution in [0.4, 0.5) is 13.2 Å². The first kappa shape index (κ1) is 18.3. The zero-order valence-electron chi connectivity index (χ0n) is 13.9. The van der Waals surface area contributed by atoms with Crippen molar-refractivity contribution in [2.75, 3.05) is 19.6 Å². The molecule has 1 amide bonds. The maximum Gasteiger partial charge on any atom is 0.387 e. The van der Waals surface area contributed by atoms with Crippen molar-refractivity contribution in [2.24, 2.45) is 11.7 Å². The largest absolute Gasteiger partial charge is 0.434 e. The first-order valence-corrected chi connectivity index (χ1v) is 8.28. The van der Waals surface area contributed by atoms with Crippen LogP contribution in [-0.4, -0.2) is 37.1 Å². The molecule has 1 aliphatic rings. The number of rotatable bonds is 5. The Labute approximate surface area is 149 Å². The van der Waals surface area contributed by atoms with E-state index in [1.807, 2.05) is 30.3 Å². The van der Waals surface area contributed by atoms with Crippen LogP contribution in [0.15, 0.2) is 48.5 Å². The Morgan fingerprint density at radius 2 is 1.92 bits per heavy atom. The zero-order chi connectivity index (χ0) is 18.7. The molecule has 4 nitrogen and oxygen atoms in total. The van der Waals surface area contributed by atoms with Crippen LogP contribution < -0.4 is 10.5 Å². The fourth-order valence-corrected chi connectivity index (χ4v) is 3.39. The first-order chi connectivity index (χ1) is 12.5. The lowest BCUT2D eigenvalue weighted by atomic mass is 9.89. The van der Waals surface area contributed by atoms with Gasteiger partial charge >= 0.3 is 6.61 Å². The molecule has 138 valence electrons. The highest BCUT2D eigenvalue weighted by Crippen LogP contribution is 2.34. The molecule has 0 radical (unpaired) electrons. The molecule has 0 unspecified atom stereocenters. The molecule has 2 N–H and O–H groups in total. The predicted octanol–water partition coefficient (Wildman–Crippen LogP) is 3.24. The summed E-state index contributed by atoms with van der Waals surface area (Å²) in [4.78, 5) is 14.4. The van der Waals surface area contributed by atoms with Gasteiger partial charge in [-0.2, -0.15) is 8.78 Å². The lowest BCUT2D eigenvalue weighted by molar-refractivity contribution is -0.0504. The third kappa shape index (κ3) is 3.83. The van der Waals surface area contributed by atoms with Crippen LogP contribution in [-0.2, 0) is 0 Å². The van der Waals surface area contributed by atoms with E-state index in [0.717, 1.165) is 17.7 Å². The number of carbonyl (C=O) groups excluding carboxylic acids is 1. The van der Waals surface area contributed by atoms with Gasteiger partial charge in [-0.05, 0) is 30.2 Å².